The number of rotatable bonds is 9. The van der Waals surface area contributed by atoms with Crippen molar-refractivity contribution in [1.82, 2.24) is 0 Å². The molecular weight excluding hydrogens is 338 g/mol. The van der Waals surface area contributed by atoms with Gasteiger partial charge in [0.05, 0.1) is 18.8 Å². The van der Waals surface area contributed by atoms with Crippen molar-refractivity contribution in [2.24, 2.45) is 22.5 Å². The molecule has 1 aliphatic rings. The van der Waals surface area contributed by atoms with Crippen LogP contribution in [0.25, 0.3) is 0 Å². The van der Waals surface area contributed by atoms with E-state index in [2.05, 4.69) is 48.5 Å². The summed E-state index contributed by atoms with van der Waals surface area (Å²) in [7, 11) is 0. The lowest BCUT2D eigenvalue weighted by Crippen LogP contribution is -2.45. The molecule has 0 bridgehead atoms. The fourth-order valence-corrected chi connectivity index (χ4v) is 4.47. The SMILES string of the molecule is CC(C)(C)CC(C)(C)C(CC(C)(C)N)OC1CCC(COS(=O)O)C1. The molecule has 4 atom stereocenters. The Bertz CT molecular complexity index is 440. The van der Waals surface area contributed by atoms with Crippen molar-refractivity contribution in [3.63, 3.8) is 0 Å². The zero-order valence-electron chi connectivity index (χ0n) is 17.1. The summed E-state index contributed by atoms with van der Waals surface area (Å²) in [6.07, 6.45) is 4.96. The Balaban J connectivity index is 2.73. The Morgan fingerprint density at radius 3 is 2.24 bits per heavy atom. The maximum atomic E-state index is 10.7. The average molecular weight is 378 g/mol. The minimum Gasteiger partial charge on any atom is -0.374 e. The van der Waals surface area contributed by atoms with Gasteiger partial charge in [-0.1, -0.05) is 34.6 Å². The second-order valence-corrected chi connectivity index (χ2v) is 11.0. The van der Waals surface area contributed by atoms with Gasteiger partial charge in [-0.2, -0.15) is 4.21 Å². The zero-order chi connectivity index (χ0) is 19.5. The molecular formula is C19H39NO4S. The summed E-state index contributed by atoms with van der Waals surface area (Å²) < 4.78 is 30.9. The van der Waals surface area contributed by atoms with Crippen LogP contribution in [-0.4, -0.2) is 33.1 Å². The molecule has 5 nitrogen and oxygen atoms in total. The lowest BCUT2D eigenvalue weighted by atomic mass is 9.70. The van der Waals surface area contributed by atoms with Crippen LogP contribution in [0.2, 0.25) is 0 Å². The van der Waals surface area contributed by atoms with Gasteiger partial charge >= 0.3 is 11.4 Å². The van der Waals surface area contributed by atoms with Crippen LogP contribution in [-0.2, 0) is 20.3 Å². The fourth-order valence-electron chi connectivity index (χ4n) is 4.16. The van der Waals surface area contributed by atoms with Crippen molar-refractivity contribution in [3.05, 3.63) is 0 Å². The van der Waals surface area contributed by atoms with Gasteiger partial charge in [0.25, 0.3) is 0 Å². The van der Waals surface area contributed by atoms with Crippen LogP contribution < -0.4 is 5.73 Å². The summed E-state index contributed by atoms with van der Waals surface area (Å²) in [6, 6.07) is 0. The number of hydrogen-bond acceptors (Lipinski definition) is 4. The summed E-state index contributed by atoms with van der Waals surface area (Å²) in [4.78, 5) is 0. The molecule has 0 aromatic rings. The average Bonchev–Trinajstić information content (AvgIpc) is 2.79. The highest BCUT2D eigenvalue weighted by Gasteiger charge is 2.39. The standard InChI is InChI=1S/C19H39NO4S/c1-17(2,3)13-18(4,5)16(11-19(6,7)20)24-15-9-8-14(10-15)12-23-25(21)22/h14-16H,8-13,20H2,1-7H3,(H,21,22). The minimum atomic E-state index is -2.18. The van der Waals surface area contributed by atoms with Gasteiger partial charge in [-0.15, -0.1) is 0 Å². The molecule has 0 spiro atoms. The molecule has 25 heavy (non-hydrogen) atoms. The summed E-state index contributed by atoms with van der Waals surface area (Å²) in [5, 5.41) is 0. The molecule has 4 unspecified atom stereocenters. The Morgan fingerprint density at radius 1 is 1.16 bits per heavy atom. The first-order chi connectivity index (χ1) is 11.2. The first-order valence-corrected chi connectivity index (χ1v) is 10.4. The van der Waals surface area contributed by atoms with E-state index in [1.807, 2.05) is 0 Å². The zero-order valence-corrected chi connectivity index (χ0v) is 17.9. The Labute approximate surface area is 156 Å². The van der Waals surface area contributed by atoms with Crippen LogP contribution in [0.1, 0.15) is 80.6 Å². The van der Waals surface area contributed by atoms with Crippen molar-refractivity contribution in [3.8, 4) is 0 Å². The topological polar surface area (TPSA) is 81.8 Å². The van der Waals surface area contributed by atoms with Crippen molar-refractivity contribution in [2.45, 2.75) is 98.3 Å². The summed E-state index contributed by atoms with van der Waals surface area (Å²) in [5.74, 6) is 0.290. The van der Waals surface area contributed by atoms with E-state index in [1.54, 1.807) is 0 Å². The molecule has 0 amide bonds. The highest BCUT2D eigenvalue weighted by Crippen LogP contribution is 2.41. The molecule has 0 aliphatic heterocycles. The van der Waals surface area contributed by atoms with E-state index >= 15 is 0 Å². The van der Waals surface area contributed by atoms with Gasteiger partial charge in [0.15, 0.2) is 0 Å². The molecule has 0 heterocycles. The second kappa shape index (κ2) is 8.79. The van der Waals surface area contributed by atoms with Crippen LogP contribution in [0.15, 0.2) is 0 Å². The monoisotopic (exact) mass is 377 g/mol. The molecule has 0 aromatic heterocycles. The van der Waals surface area contributed by atoms with Crippen LogP contribution in [0, 0.1) is 16.7 Å². The van der Waals surface area contributed by atoms with Crippen LogP contribution in [0.5, 0.6) is 0 Å². The predicted molar refractivity (Wildman–Crippen MR) is 103 cm³/mol. The van der Waals surface area contributed by atoms with Crippen molar-refractivity contribution < 1.29 is 17.7 Å². The van der Waals surface area contributed by atoms with Gasteiger partial charge < -0.3 is 10.5 Å². The molecule has 6 heteroatoms. The number of hydrogen-bond donors (Lipinski definition) is 2. The normalized spacial score (nSPS) is 25.2. The maximum absolute atomic E-state index is 10.7. The molecule has 3 N–H and O–H groups in total. The van der Waals surface area contributed by atoms with Gasteiger partial charge in [0, 0.05) is 5.54 Å². The number of ether oxygens (including phenoxy) is 1. The van der Waals surface area contributed by atoms with E-state index in [4.69, 9.17) is 19.2 Å². The second-order valence-electron chi connectivity index (χ2n) is 10.3. The van der Waals surface area contributed by atoms with Gasteiger partial charge in [-0.25, -0.2) is 0 Å². The molecule has 1 aliphatic carbocycles. The van der Waals surface area contributed by atoms with Crippen molar-refractivity contribution in [1.29, 1.82) is 0 Å². The van der Waals surface area contributed by atoms with E-state index < -0.39 is 11.4 Å². The summed E-state index contributed by atoms with van der Waals surface area (Å²) >= 11 is -2.18. The number of nitrogens with two attached hydrogens (primary N) is 1. The van der Waals surface area contributed by atoms with Crippen molar-refractivity contribution >= 4 is 11.4 Å². The Hall–Kier alpha value is -0.0100. The fraction of sp³-hybridized carbons (Fsp3) is 1.00. The van der Waals surface area contributed by atoms with E-state index in [1.165, 1.54) is 0 Å². The Morgan fingerprint density at radius 2 is 1.76 bits per heavy atom. The predicted octanol–water partition coefficient (Wildman–Crippen LogP) is 4.28. The van der Waals surface area contributed by atoms with Crippen LogP contribution in [0.3, 0.4) is 0 Å². The highest BCUT2D eigenvalue weighted by atomic mass is 32.2. The minimum absolute atomic E-state index is 0.0239. The third-order valence-corrected chi connectivity index (χ3v) is 5.16. The van der Waals surface area contributed by atoms with E-state index in [0.29, 0.717) is 12.5 Å². The first-order valence-electron chi connectivity index (χ1n) is 9.36. The van der Waals surface area contributed by atoms with E-state index in [9.17, 15) is 4.21 Å². The molecule has 1 saturated carbocycles. The lowest BCUT2D eigenvalue weighted by molar-refractivity contribution is -0.0928. The molecule has 1 rings (SSSR count). The summed E-state index contributed by atoms with van der Waals surface area (Å²) in [5.41, 5.74) is 6.28. The van der Waals surface area contributed by atoms with E-state index in [0.717, 1.165) is 32.1 Å². The van der Waals surface area contributed by atoms with Gasteiger partial charge in [0.2, 0.25) is 0 Å². The molecule has 0 aromatic carbocycles. The van der Waals surface area contributed by atoms with Crippen LogP contribution in [0.4, 0.5) is 0 Å². The molecule has 150 valence electrons. The van der Waals surface area contributed by atoms with Crippen molar-refractivity contribution in [2.75, 3.05) is 6.61 Å². The third-order valence-electron chi connectivity index (χ3n) is 4.82. The maximum Gasteiger partial charge on any atom is 0.301 e. The largest absolute Gasteiger partial charge is 0.374 e. The Kier molecular flexibility index (Phi) is 8.09. The molecule has 0 radical (unpaired) electrons. The lowest BCUT2D eigenvalue weighted by Gasteiger charge is -2.42. The third kappa shape index (κ3) is 9.48. The highest BCUT2D eigenvalue weighted by molar-refractivity contribution is 7.74. The quantitative estimate of drug-likeness (QED) is 0.586. The summed E-state index contributed by atoms with van der Waals surface area (Å²) in [6.45, 7) is 15.8. The van der Waals surface area contributed by atoms with E-state index in [-0.39, 0.29) is 28.6 Å². The smallest absolute Gasteiger partial charge is 0.301 e. The molecule has 0 saturated heterocycles. The van der Waals surface area contributed by atoms with Crippen LogP contribution >= 0.6 is 0 Å². The first kappa shape index (κ1) is 23.0. The van der Waals surface area contributed by atoms with Gasteiger partial charge in [0.1, 0.15) is 0 Å². The molecule has 1 fully saturated rings. The van der Waals surface area contributed by atoms with Gasteiger partial charge in [-0.3, -0.25) is 8.74 Å². The van der Waals surface area contributed by atoms with Gasteiger partial charge in [-0.05, 0) is 62.7 Å².